The van der Waals surface area contributed by atoms with Crippen LogP contribution in [0.1, 0.15) is 12.0 Å². The molecule has 162 valence electrons. The Morgan fingerprint density at radius 1 is 1.06 bits per heavy atom. The first kappa shape index (κ1) is 21.6. The number of piperazine rings is 1. The molecule has 0 saturated carbocycles. The average Bonchev–Trinajstić information content (AvgIpc) is 3.07. The molecule has 1 atom stereocenters. The lowest BCUT2D eigenvalue weighted by Gasteiger charge is -2.36. The highest BCUT2D eigenvalue weighted by molar-refractivity contribution is 8.24. The Morgan fingerprint density at radius 2 is 1.74 bits per heavy atom. The fraction of sp³-hybridized carbons (Fsp3) is 0.348. The summed E-state index contributed by atoms with van der Waals surface area (Å²) in [6, 6.07) is 17.7. The predicted octanol–water partition coefficient (Wildman–Crippen LogP) is 3.16. The maximum atomic E-state index is 12.9. The molecular formula is C23H25N3O3S2. The van der Waals surface area contributed by atoms with Gasteiger partial charge in [-0.3, -0.25) is 14.5 Å². The number of hydrogen-bond donors (Lipinski definition) is 0. The first-order chi connectivity index (χ1) is 15.0. The van der Waals surface area contributed by atoms with Crippen LogP contribution < -0.4 is 9.64 Å². The molecule has 8 heteroatoms. The van der Waals surface area contributed by atoms with Gasteiger partial charge in [0.2, 0.25) is 11.8 Å². The van der Waals surface area contributed by atoms with E-state index in [0.717, 1.165) is 30.1 Å². The lowest BCUT2D eigenvalue weighted by atomic mass is 10.2. The van der Waals surface area contributed by atoms with Gasteiger partial charge < -0.3 is 14.5 Å². The Balaban J connectivity index is 1.29. The third kappa shape index (κ3) is 5.02. The molecule has 2 aromatic rings. The summed E-state index contributed by atoms with van der Waals surface area (Å²) in [6.45, 7) is 3.28. The molecule has 2 fully saturated rings. The minimum absolute atomic E-state index is 0.0181. The lowest BCUT2D eigenvalue weighted by molar-refractivity contribution is -0.134. The van der Waals surface area contributed by atoms with Gasteiger partial charge in [0.25, 0.3) is 0 Å². The highest BCUT2D eigenvalue weighted by atomic mass is 32.2. The Labute approximate surface area is 192 Å². The van der Waals surface area contributed by atoms with E-state index in [1.807, 2.05) is 59.5 Å². The number of thioether (sulfide) groups is 1. The maximum absolute atomic E-state index is 12.9. The Kier molecular flexibility index (Phi) is 6.77. The molecule has 6 nitrogen and oxygen atoms in total. The standard InChI is InChI=1S/C23H25N3O3S2/c1-29-19-9-7-18(8-10-19)24-11-13-25(14-12-24)21(27)15-20-22(28)26(23(30)31-20)16-17-5-3-2-4-6-17/h2-10,20H,11-16H2,1H3/t20-/m0/s1. The number of nitrogens with zero attached hydrogens (tertiary/aromatic N) is 3. The van der Waals surface area contributed by atoms with Crippen molar-refractivity contribution in [1.82, 2.24) is 9.80 Å². The summed E-state index contributed by atoms with van der Waals surface area (Å²) in [5.41, 5.74) is 2.15. The number of benzene rings is 2. The van der Waals surface area contributed by atoms with E-state index >= 15 is 0 Å². The molecule has 0 aliphatic carbocycles. The number of amides is 2. The van der Waals surface area contributed by atoms with Crippen LogP contribution in [0.25, 0.3) is 0 Å². The van der Waals surface area contributed by atoms with Crippen LogP contribution in [-0.4, -0.2) is 64.5 Å². The van der Waals surface area contributed by atoms with Crippen molar-refractivity contribution in [3.63, 3.8) is 0 Å². The molecule has 0 bridgehead atoms. The van der Waals surface area contributed by atoms with E-state index in [9.17, 15) is 9.59 Å². The molecule has 2 saturated heterocycles. The van der Waals surface area contributed by atoms with Crippen LogP contribution in [0, 0.1) is 0 Å². The smallest absolute Gasteiger partial charge is 0.242 e. The van der Waals surface area contributed by atoms with Crippen molar-refractivity contribution in [2.24, 2.45) is 0 Å². The van der Waals surface area contributed by atoms with E-state index in [1.54, 1.807) is 12.0 Å². The summed E-state index contributed by atoms with van der Waals surface area (Å²) in [4.78, 5) is 31.5. The van der Waals surface area contributed by atoms with Crippen LogP contribution in [0.4, 0.5) is 5.69 Å². The molecule has 0 radical (unpaired) electrons. The summed E-state index contributed by atoms with van der Waals surface area (Å²) in [6.07, 6.45) is 0.192. The summed E-state index contributed by atoms with van der Waals surface area (Å²) in [7, 11) is 1.65. The lowest BCUT2D eigenvalue weighted by Crippen LogP contribution is -2.49. The van der Waals surface area contributed by atoms with Crippen molar-refractivity contribution < 1.29 is 14.3 Å². The van der Waals surface area contributed by atoms with Gasteiger partial charge >= 0.3 is 0 Å². The Bertz CT molecular complexity index is 944. The normalized spacial score (nSPS) is 19.1. The second kappa shape index (κ2) is 9.70. The summed E-state index contributed by atoms with van der Waals surface area (Å²) >= 11 is 6.75. The molecule has 4 rings (SSSR count). The second-order valence-electron chi connectivity index (χ2n) is 7.55. The maximum Gasteiger partial charge on any atom is 0.242 e. The van der Waals surface area contributed by atoms with Gasteiger partial charge in [0, 0.05) is 38.3 Å². The highest BCUT2D eigenvalue weighted by Gasteiger charge is 2.39. The van der Waals surface area contributed by atoms with E-state index in [2.05, 4.69) is 4.90 Å². The summed E-state index contributed by atoms with van der Waals surface area (Å²) < 4.78 is 5.76. The van der Waals surface area contributed by atoms with Crippen molar-refractivity contribution >= 4 is 45.8 Å². The number of ether oxygens (including phenoxy) is 1. The largest absolute Gasteiger partial charge is 0.497 e. The molecular weight excluding hydrogens is 430 g/mol. The molecule has 2 heterocycles. The fourth-order valence-corrected chi connectivity index (χ4v) is 5.31. The van der Waals surface area contributed by atoms with Gasteiger partial charge in [-0.1, -0.05) is 54.3 Å². The molecule has 0 spiro atoms. The SMILES string of the molecule is COc1ccc(N2CCN(C(=O)C[C@@H]3SC(=S)N(Cc4ccccc4)C3=O)CC2)cc1. The van der Waals surface area contributed by atoms with Gasteiger partial charge in [-0.2, -0.15) is 0 Å². The van der Waals surface area contributed by atoms with Crippen LogP contribution in [-0.2, 0) is 16.1 Å². The molecule has 0 N–H and O–H groups in total. The van der Waals surface area contributed by atoms with Crippen LogP contribution >= 0.6 is 24.0 Å². The highest BCUT2D eigenvalue weighted by Crippen LogP contribution is 2.31. The van der Waals surface area contributed by atoms with Gasteiger partial charge in [0.1, 0.15) is 10.1 Å². The van der Waals surface area contributed by atoms with E-state index < -0.39 is 5.25 Å². The minimum Gasteiger partial charge on any atom is -0.497 e. The van der Waals surface area contributed by atoms with Gasteiger partial charge in [-0.15, -0.1) is 0 Å². The van der Waals surface area contributed by atoms with Crippen LogP contribution in [0.2, 0.25) is 0 Å². The molecule has 31 heavy (non-hydrogen) atoms. The monoisotopic (exact) mass is 455 g/mol. The van der Waals surface area contributed by atoms with Crippen molar-refractivity contribution in [1.29, 1.82) is 0 Å². The first-order valence-corrected chi connectivity index (χ1v) is 11.6. The quantitative estimate of drug-likeness (QED) is 0.624. The van der Waals surface area contributed by atoms with Crippen LogP contribution in [0.15, 0.2) is 54.6 Å². The topological polar surface area (TPSA) is 53.1 Å². The molecule has 2 amide bonds. The number of anilines is 1. The third-order valence-corrected chi connectivity index (χ3v) is 7.20. The van der Waals surface area contributed by atoms with E-state index in [4.69, 9.17) is 17.0 Å². The second-order valence-corrected chi connectivity index (χ2v) is 9.39. The zero-order chi connectivity index (χ0) is 21.8. The number of carbonyl (C=O) groups is 2. The zero-order valence-corrected chi connectivity index (χ0v) is 19.0. The Hall–Kier alpha value is -2.58. The number of carbonyl (C=O) groups excluding carboxylic acids is 2. The third-order valence-electron chi connectivity index (χ3n) is 5.62. The summed E-state index contributed by atoms with van der Waals surface area (Å²) in [5, 5.41) is -0.427. The van der Waals surface area contributed by atoms with Gasteiger partial charge in [0.15, 0.2) is 0 Å². The number of hydrogen-bond acceptors (Lipinski definition) is 6. The van der Waals surface area contributed by atoms with Gasteiger partial charge in [-0.25, -0.2) is 0 Å². The van der Waals surface area contributed by atoms with E-state index in [-0.39, 0.29) is 18.2 Å². The number of rotatable bonds is 6. The molecule has 2 aliphatic rings. The minimum atomic E-state index is -0.427. The summed E-state index contributed by atoms with van der Waals surface area (Å²) in [5.74, 6) is 0.782. The van der Waals surface area contributed by atoms with Crippen LogP contribution in [0.3, 0.4) is 0 Å². The van der Waals surface area contributed by atoms with E-state index in [0.29, 0.717) is 24.0 Å². The predicted molar refractivity (Wildman–Crippen MR) is 127 cm³/mol. The van der Waals surface area contributed by atoms with Gasteiger partial charge in [-0.05, 0) is 29.8 Å². The van der Waals surface area contributed by atoms with Crippen molar-refractivity contribution in [3.8, 4) is 5.75 Å². The van der Waals surface area contributed by atoms with E-state index in [1.165, 1.54) is 11.8 Å². The van der Waals surface area contributed by atoms with Crippen LogP contribution in [0.5, 0.6) is 5.75 Å². The zero-order valence-electron chi connectivity index (χ0n) is 17.4. The van der Waals surface area contributed by atoms with Crippen molar-refractivity contribution in [2.45, 2.75) is 18.2 Å². The number of methoxy groups -OCH3 is 1. The number of thiocarbonyl (C=S) groups is 1. The fourth-order valence-electron chi connectivity index (χ4n) is 3.83. The average molecular weight is 456 g/mol. The Morgan fingerprint density at radius 3 is 2.39 bits per heavy atom. The van der Waals surface area contributed by atoms with Crippen molar-refractivity contribution in [2.75, 3.05) is 38.2 Å². The molecule has 2 aromatic carbocycles. The first-order valence-electron chi connectivity index (χ1n) is 10.3. The molecule has 0 unspecified atom stereocenters. The van der Waals surface area contributed by atoms with Crippen molar-refractivity contribution in [3.05, 3.63) is 60.2 Å². The molecule has 2 aliphatic heterocycles. The van der Waals surface area contributed by atoms with Gasteiger partial charge in [0.05, 0.1) is 18.9 Å². The molecule has 0 aromatic heterocycles.